The quantitative estimate of drug-likeness (QED) is 0.578. The Morgan fingerprint density at radius 2 is 1.77 bits per heavy atom. The second kappa shape index (κ2) is 6.93. The molecule has 0 atom stereocenters. The van der Waals surface area contributed by atoms with E-state index in [0.717, 1.165) is 22.2 Å². The van der Waals surface area contributed by atoms with Gasteiger partial charge >= 0.3 is 0 Å². The van der Waals surface area contributed by atoms with Gasteiger partial charge in [0.1, 0.15) is 18.0 Å². The Morgan fingerprint density at radius 3 is 2.50 bits per heavy atom. The molecule has 0 aliphatic rings. The van der Waals surface area contributed by atoms with Crippen molar-refractivity contribution in [1.82, 2.24) is 14.5 Å². The number of benzene rings is 2. The molecule has 0 spiro atoms. The lowest BCUT2D eigenvalue weighted by Crippen LogP contribution is -2.07. The summed E-state index contributed by atoms with van der Waals surface area (Å²) in [6, 6.07) is 16.2. The number of aliphatic hydroxyl groups excluding tert-OH is 1. The van der Waals surface area contributed by atoms with Crippen molar-refractivity contribution in [1.29, 1.82) is 0 Å². The van der Waals surface area contributed by atoms with Crippen molar-refractivity contribution in [3.05, 3.63) is 72.9 Å². The molecule has 0 fully saturated rings. The third-order valence-corrected chi connectivity index (χ3v) is 4.18. The molecule has 6 heteroatoms. The molecule has 2 heterocycles. The molecule has 0 unspecified atom stereocenters. The Morgan fingerprint density at radius 1 is 1.00 bits per heavy atom. The van der Waals surface area contributed by atoms with Crippen LogP contribution in [-0.2, 0) is 0 Å². The number of hydrogen-bond acceptors (Lipinski definition) is 4. The molecule has 4 rings (SSSR count). The summed E-state index contributed by atoms with van der Waals surface area (Å²) in [6.07, 6.45) is 3.46. The minimum Gasteiger partial charge on any atom is -0.395 e. The van der Waals surface area contributed by atoms with Gasteiger partial charge in [-0.1, -0.05) is 30.3 Å². The standard InChI is InChI=1S/C20H17FN4O/c21-15-6-8-16(9-7-15)25-12-17(14-4-2-1-3-5-14)18-19(22-10-11-26)23-13-24-20(18)25/h1-9,12-13,26H,10-11H2,(H,22,23,24). The first-order valence-corrected chi connectivity index (χ1v) is 8.30. The Bertz CT molecular complexity index is 1030. The van der Waals surface area contributed by atoms with E-state index in [1.165, 1.54) is 18.5 Å². The summed E-state index contributed by atoms with van der Waals surface area (Å²) in [4.78, 5) is 8.80. The molecule has 4 aromatic rings. The number of halogens is 1. The summed E-state index contributed by atoms with van der Waals surface area (Å²) in [6.45, 7) is 0.396. The van der Waals surface area contributed by atoms with Crippen LogP contribution >= 0.6 is 0 Å². The molecule has 2 aromatic heterocycles. The summed E-state index contributed by atoms with van der Waals surface area (Å²) in [5.41, 5.74) is 3.52. The van der Waals surface area contributed by atoms with E-state index >= 15 is 0 Å². The van der Waals surface area contributed by atoms with E-state index in [1.807, 2.05) is 41.1 Å². The predicted molar refractivity (Wildman–Crippen MR) is 99.8 cm³/mol. The molecule has 26 heavy (non-hydrogen) atoms. The predicted octanol–water partition coefficient (Wildman–Crippen LogP) is 3.63. The zero-order chi connectivity index (χ0) is 17.9. The maximum atomic E-state index is 13.3. The second-order valence-corrected chi connectivity index (χ2v) is 5.83. The zero-order valence-corrected chi connectivity index (χ0v) is 13.9. The number of aliphatic hydroxyl groups is 1. The van der Waals surface area contributed by atoms with Gasteiger partial charge in [-0.25, -0.2) is 14.4 Å². The Labute approximate surface area is 149 Å². The van der Waals surface area contributed by atoms with Crippen molar-refractivity contribution in [2.24, 2.45) is 0 Å². The minimum absolute atomic E-state index is 0.00480. The highest BCUT2D eigenvalue weighted by atomic mass is 19.1. The topological polar surface area (TPSA) is 63.0 Å². The van der Waals surface area contributed by atoms with Crippen molar-refractivity contribution < 1.29 is 9.50 Å². The average Bonchev–Trinajstić information content (AvgIpc) is 3.08. The van der Waals surface area contributed by atoms with E-state index in [9.17, 15) is 4.39 Å². The SMILES string of the molecule is OCCNc1ncnc2c1c(-c1ccccc1)cn2-c1ccc(F)cc1. The second-order valence-electron chi connectivity index (χ2n) is 5.83. The van der Waals surface area contributed by atoms with Gasteiger partial charge in [-0.05, 0) is 29.8 Å². The third-order valence-electron chi connectivity index (χ3n) is 4.18. The van der Waals surface area contributed by atoms with Gasteiger partial charge in [0.2, 0.25) is 0 Å². The molecule has 130 valence electrons. The fourth-order valence-electron chi connectivity index (χ4n) is 3.01. The summed E-state index contributed by atoms with van der Waals surface area (Å²) < 4.78 is 15.2. The van der Waals surface area contributed by atoms with Gasteiger partial charge in [-0.15, -0.1) is 0 Å². The van der Waals surface area contributed by atoms with E-state index in [-0.39, 0.29) is 12.4 Å². The van der Waals surface area contributed by atoms with Gasteiger partial charge in [0.15, 0.2) is 5.65 Å². The van der Waals surface area contributed by atoms with Crippen LogP contribution in [0.4, 0.5) is 10.2 Å². The number of nitrogens with one attached hydrogen (secondary N) is 1. The molecule has 5 nitrogen and oxygen atoms in total. The molecule has 0 saturated heterocycles. The number of hydrogen-bond donors (Lipinski definition) is 2. The van der Waals surface area contributed by atoms with Gasteiger partial charge in [0.05, 0.1) is 12.0 Å². The fourth-order valence-corrected chi connectivity index (χ4v) is 3.01. The highest BCUT2D eigenvalue weighted by Crippen LogP contribution is 2.35. The molecule has 0 bridgehead atoms. The third kappa shape index (κ3) is 2.91. The first-order chi connectivity index (χ1) is 12.8. The first-order valence-electron chi connectivity index (χ1n) is 8.30. The molecule has 0 amide bonds. The van der Waals surface area contributed by atoms with Crippen molar-refractivity contribution in [3.8, 4) is 16.8 Å². The van der Waals surface area contributed by atoms with Gasteiger partial charge in [0.25, 0.3) is 0 Å². The lowest BCUT2D eigenvalue weighted by Gasteiger charge is -2.07. The summed E-state index contributed by atoms with van der Waals surface area (Å²) >= 11 is 0. The first kappa shape index (κ1) is 16.2. The Balaban J connectivity index is 1.98. The molecule has 0 aliphatic carbocycles. The highest BCUT2D eigenvalue weighted by Gasteiger charge is 2.17. The lowest BCUT2D eigenvalue weighted by molar-refractivity contribution is 0.311. The van der Waals surface area contributed by atoms with Crippen LogP contribution in [-0.4, -0.2) is 32.8 Å². The number of nitrogens with zero attached hydrogens (tertiary/aromatic N) is 3. The summed E-state index contributed by atoms with van der Waals surface area (Å²) in [5, 5.41) is 13.2. The highest BCUT2D eigenvalue weighted by molar-refractivity contribution is 6.02. The lowest BCUT2D eigenvalue weighted by atomic mass is 10.1. The molecule has 2 N–H and O–H groups in total. The van der Waals surface area contributed by atoms with Gasteiger partial charge in [-0.3, -0.25) is 0 Å². The molecule has 2 aromatic carbocycles. The number of rotatable bonds is 5. The Hall–Kier alpha value is -3.25. The number of aromatic nitrogens is 3. The van der Waals surface area contributed by atoms with Crippen molar-refractivity contribution >= 4 is 16.9 Å². The maximum Gasteiger partial charge on any atom is 0.150 e. The van der Waals surface area contributed by atoms with Crippen molar-refractivity contribution in [2.45, 2.75) is 0 Å². The normalized spacial score (nSPS) is 11.0. The maximum absolute atomic E-state index is 13.3. The van der Waals surface area contributed by atoms with Crippen LogP contribution in [0.25, 0.3) is 27.8 Å². The molecular formula is C20H17FN4O. The van der Waals surface area contributed by atoms with E-state index < -0.39 is 0 Å². The zero-order valence-electron chi connectivity index (χ0n) is 13.9. The van der Waals surface area contributed by atoms with Crippen LogP contribution in [0.15, 0.2) is 67.1 Å². The van der Waals surface area contributed by atoms with Crippen LogP contribution in [0.5, 0.6) is 0 Å². The van der Waals surface area contributed by atoms with Crippen LogP contribution in [0, 0.1) is 5.82 Å². The minimum atomic E-state index is -0.284. The van der Waals surface area contributed by atoms with Gasteiger partial charge < -0.3 is 15.0 Å². The van der Waals surface area contributed by atoms with Crippen LogP contribution < -0.4 is 5.32 Å². The van der Waals surface area contributed by atoms with Crippen LogP contribution in [0.3, 0.4) is 0 Å². The van der Waals surface area contributed by atoms with Crippen LogP contribution in [0.2, 0.25) is 0 Å². The summed E-state index contributed by atoms with van der Waals surface area (Å²) in [5.74, 6) is 0.372. The van der Waals surface area contributed by atoms with E-state index in [4.69, 9.17) is 5.11 Å². The molecule has 0 aliphatic heterocycles. The van der Waals surface area contributed by atoms with Crippen molar-refractivity contribution in [2.75, 3.05) is 18.5 Å². The average molecular weight is 348 g/mol. The number of fused-ring (bicyclic) bond motifs is 1. The van der Waals surface area contributed by atoms with E-state index in [2.05, 4.69) is 15.3 Å². The van der Waals surface area contributed by atoms with Gasteiger partial charge in [-0.2, -0.15) is 0 Å². The largest absolute Gasteiger partial charge is 0.395 e. The fraction of sp³-hybridized carbons (Fsp3) is 0.100. The number of anilines is 1. The molecule has 0 saturated carbocycles. The van der Waals surface area contributed by atoms with Gasteiger partial charge in [0, 0.05) is 24.0 Å². The van der Waals surface area contributed by atoms with E-state index in [0.29, 0.717) is 18.0 Å². The summed E-state index contributed by atoms with van der Waals surface area (Å²) in [7, 11) is 0. The van der Waals surface area contributed by atoms with E-state index in [1.54, 1.807) is 12.1 Å². The van der Waals surface area contributed by atoms with Crippen molar-refractivity contribution in [3.63, 3.8) is 0 Å². The van der Waals surface area contributed by atoms with Crippen LogP contribution in [0.1, 0.15) is 0 Å². The molecular weight excluding hydrogens is 331 g/mol. The molecule has 0 radical (unpaired) electrons. The smallest absolute Gasteiger partial charge is 0.150 e. The Kier molecular flexibility index (Phi) is 4.33. The monoisotopic (exact) mass is 348 g/mol.